The molecule has 0 amide bonds. The number of anilines is 1. The van der Waals surface area contributed by atoms with Gasteiger partial charge in [0.1, 0.15) is 17.1 Å². The molecule has 1 aliphatic rings. The molecule has 0 atom stereocenters. The molecule has 0 spiro atoms. The van der Waals surface area contributed by atoms with Crippen LogP contribution in [-0.4, -0.2) is 76.3 Å². The van der Waals surface area contributed by atoms with Gasteiger partial charge >= 0.3 is 0 Å². The Hall–Kier alpha value is -4.04. The van der Waals surface area contributed by atoms with Gasteiger partial charge in [0, 0.05) is 226 Å². The van der Waals surface area contributed by atoms with Crippen molar-refractivity contribution in [1.82, 2.24) is 62.7 Å². The van der Waals surface area contributed by atoms with Crippen LogP contribution in [0.15, 0.2) is 111 Å². The second-order valence-corrected chi connectivity index (χ2v) is 17.1. The molecular formula is C52H67N14Y3-. The van der Waals surface area contributed by atoms with Crippen molar-refractivity contribution in [3.8, 4) is 0 Å². The first-order chi connectivity index (χ1) is 31.4. The molecule has 10 aromatic rings. The molecule has 0 bridgehead atoms. The van der Waals surface area contributed by atoms with Gasteiger partial charge < -0.3 is 33.9 Å². The van der Waals surface area contributed by atoms with Gasteiger partial charge in [-0.05, 0) is 124 Å². The second-order valence-electron chi connectivity index (χ2n) is 17.1. The van der Waals surface area contributed by atoms with Crippen LogP contribution in [0.3, 0.4) is 0 Å². The predicted molar refractivity (Wildman–Crippen MR) is 270 cm³/mol. The van der Waals surface area contributed by atoms with Gasteiger partial charge in [-0.1, -0.05) is 13.0 Å². The molecule has 10 aromatic heterocycles. The van der Waals surface area contributed by atoms with E-state index in [9.17, 15) is 0 Å². The van der Waals surface area contributed by atoms with E-state index in [0.717, 1.165) is 52.5 Å². The molecule has 69 heavy (non-hydrogen) atoms. The van der Waals surface area contributed by atoms with Gasteiger partial charge in [0.25, 0.3) is 0 Å². The molecule has 0 saturated carbocycles. The number of aryl methyl sites for hydroxylation is 14. The summed E-state index contributed by atoms with van der Waals surface area (Å²) in [7, 11) is 13.9. The SMILES string of the molecule is Cc1[c-]cn(C)n1.Cc1ccn(C)c1.Cc1cn(C)cn1.Cc1cnc2c(c1)CCN2C.Cc1cnc2c(c1)c(C)cn2C.Cc1cnc2c(ccn2C)c1.Cc1cnc2c(cnn2C)c1.[Y].[Y].[Y]. The van der Waals surface area contributed by atoms with Crippen molar-refractivity contribution >= 4 is 38.9 Å². The third-order valence-electron chi connectivity index (χ3n) is 10.4. The number of hydrogen-bond acceptors (Lipinski definition) is 8. The topological polar surface area (TPSA) is 123 Å². The average molecular weight is 1150 g/mol. The zero-order valence-electron chi connectivity index (χ0n) is 43.3. The summed E-state index contributed by atoms with van der Waals surface area (Å²) >= 11 is 0. The van der Waals surface area contributed by atoms with Gasteiger partial charge in [-0.3, -0.25) is 4.68 Å². The molecule has 355 valence electrons. The number of likely N-dealkylation sites (N-methyl/N-ethyl adjacent to an activating group) is 1. The van der Waals surface area contributed by atoms with Crippen molar-refractivity contribution in [3.63, 3.8) is 0 Å². The quantitative estimate of drug-likeness (QED) is 0.138. The zero-order chi connectivity index (χ0) is 48.1. The maximum absolute atomic E-state index is 4.37. The summed E-state index contributed by atoms with van der Waals surface area (Å²) in [6.07, 6.45) is 24.4. The minimum absolute atomic E-state index is 0. The van der Waals surface area contributed by atoms with Gasteiger partial charge in [-0.25, -0.2) is 30.0 Å². The largest absolute Gasteiger partial charge is 0.429 e. The molecular weight excluding hydrogens is 1090 g/mol. The minimum atomic E-state index is 0. The Balaban J connectivity index is 0.000000277. The van der Waals surface area contributed by atoms with Crippen LogP contribution in [0.1, 0.15) is 50.3 Å². The van der Waals surface area contributed by atoms with Crippen molar-refractivity contribution in [2.24, 2.45) is 42.3 Å². The van der Waals surface area contributed by atoms with Crippen LogP contribution in [0, 0.1) is 61.5 Å². The number of hydrogen-bond donors (Lipinski definition) is 0. The van der Waals surface area contributed by atoms with Gasteiger partial charge in [0.15, 0.2) is 5.65 Å². The molecule has 1 aliphatic heterocycles. The van der Waals surface area contributed by atoms with Crippen molar-refractivity contribution in [2.75, 3.05) is 18.5 Å². The Morgan fingerprint density at radius 1 is 0.536 bits per heavy atom. The molecule has 0 unspecified atom stereocenters. The van der Waals surface area contributed by atoms with Crippen molar-refractivity contribution < 1.29 is 98.1 Å². The van der Waals surface area contributed by atoms with E-state index >= 15 is 0 Å². The van der Waals surface area contributed by atoms with Crippen LogP contribution in [0.25, 0.3) is 33.1 Å². The summed E-state index contributed by atoms with van der Waals surface area (Å²) in [4.78, 5) is 23.5. The van der Waals surface area contributed by atoms with Gasteiger partial charge in [0.05, 0.1) is 18.2 Å². The number of rotatable bonds is 0. The summed E-state index contributed by atoms with van der Waals surface area (Å²) in [5, 5.41) is 11.6. The molecule has 3 radical (unpaired) electrons. The molecule has 11 rings (SSSR count). The molecule has 0 fully saturated rings. The predicted octanol–water partition coefficient (Wildman–Crippen LogP) is 9.31. The smallest absolute Gasteiger partial charge is 0.157 e. The minimum Gasteiger partial charge on any atom is -0.429 e. The van der Waals surface area contributed by atoms with Gasteiger partial charge in [-0.15, -0.1) is 5.69 Å². The van der Waals surface area contributed by atoms with E-state index < -0.39 is 0 Å². The van der Waals surface area contributed by atoms with Crippen LogP contribution in [0.4, 0.5) is 5.82 Å². The Morgan fingerprint density at radius 3 is 1.67 bits per heavy atom. The molecule has 17 heteroatoms. The van der Waals surface area contributed by atoms with E-state index in [4.69, 9.17) is 0 Å². The van der Waals surface area contributed by atoms with Crippen LogP contribution in [-0.2, 0) is 147 Å². The molecule has 0 aromatic carbocycles. The summed E-state index contributed by atoms with van der Waals surface area (Å²) in [5.41, 5.74) is 14.0. The van der Waals surface area contributed by atoms with Crippen molar-refractivity contribution in [1.29, 1.82) is 0 Å². The average Bonchev–Trinajstić information content (AvgIpc) is 4.17. The van der Waals surface area contributed by atoms with E-state index in [1.165, 1.54) is 49.7 Å². The Morgan fingerprint density at radius 2 is 1.14 bits per heavy atom. The molecule has 14 nitrogen and oxygen atoms in total. The monoisotopic (exact) mass is 1150 g/mol. The fourth-order valence-corrected chi connectivity index (χ4v) is 7.18. The van der Waals surface area contributed by atoms with Crippen LogP contribution >= 0.6 is 0 Å². The standard InChI is InChI=1S/C10H12N2.C9H12N2.C9H10N2.C8H9N3.C6H9N.C5H8N2.C5H7N2.3Y/c1-7-4-9-8(2)6-12(3)10(9)11-5-7;2*1-7-5-8-3-4-11(2)9(8)10-6-7;1-6-3-7-5-10-11(2)8(7)9-4-6;1-6-3-4-7(2)5-6;1-5-3-7(2)4-6-5;1-5-3-4-7(2)6-5;;;/h4-6H,1-3H3;5-6H,3-4H2,1-2H3;3-6H,1-2H3;3-5H,1-2H3;3-5H,1-2H3;3-4H,1-2H3;4H,1-2H3;;;/q;;;;;;-1;;;. The zero-order valence-corrected chi connectivity index (χ0v) is 51.8. The summed E-state index contributed by atoms with van der Waals surface area (Å²) in [5.74, 6) is 1.16. The molecule has 0 N–H and O–H groups in total. The van der Waals surface area contributed by atoms with Gasteiger partial charge in [-0.2, -0.15) is 11.3 Å². The van der Waals surface area contributed by atoms with E-state index in [1.807, 2.05) is 126 Å². The third kappa shape index (κ3) is 18.9. The normalized spacial score (nSPS) is 10.6. The number of nitrogens with zero attached hydrogens (tertiary/aromatic N) is 14. The van der Waals surface area contributed by atoms with Gasteiger partial charge in [0.2, 0.25) is 0 Å². The van der Waals surface area contributed by atoms with E-state index in [1.54, 1.807) is 21.9 Å². The van der Waals surface area contributed by atoms with Crippen molar-refractivity contribution in [2.45, 2.75) is 61.8 Å². The van der Waals surface area contributed by atoms with Crippen LogP contribution in [0.5, 0.6) is 0 Å². The first-order valence-electron chi connectivity index (χ1n) is 21.9. The Labute approximate surface area is 484 Å². The Bertz CT molecular complexity index is 2880. The van der Waals surface area contributed by atoms with E-state index in [2.05, 4.69) is 141 Å². The molecule has 0 saturated heterocycles. The van der Waals surface area contributed by atoms with Crippen molar-refractivity contribution in [3.05, 3.63) is 167 Å². The first kappa shape index (κ1) is 61.1. The second kappa shape index (κ2) is 29.3. The number of aromatic nitrogens is 13. The molecule has 11 heterocycles. The third-order valence-corrected chi connectivity index (χ3v) is 10.4. The first-order valence-corrected chi connectivity index (χ1v) is 21.9. The van der Waals surface area contributed by atoms with Crippen LogP contribution in [0.2, 0.25) is 0 Å². The number of fused-ring (bicyclic) bond motifs is 4. The van der Waals surface area contributed by atoms with E-state index in [-0.39, 0.29) is 98.1 Å². The number of pyridine rings is 4. The maximum atomic E-state index is 4.37. The summed E-state index contributed by atoms with van der Waals surface area (Å²) in [6.45, 7) is 17.4. The Kier molecular flexibility index (Phi) is 26.0. The van der Waals surface area contributed by atoms with Crippen LogP contribution < -0.4 is 4.90 Å². The maximum Gasteiger partial charge on any atom is 0.157 e. The fourth-order valence-electron chi connectivity index (χ4n) is 7.18. The fraction of sp³-hybridized carbons (Fsp3) is 0.327. The molecule has 0 aliphatic carbocycles. The summed E-state index contributed by atoms with van der Waals surface area (Å²) < 4.78 is 11.5. The number of imidazole rings is 1. The summed E-state index contributed by atoms with van der Waals surface area (Å²) in [6, 6.07) is 15.7. The van der Waals surface area contributed by atoms with E-state index in [0.29, 0.717) is 0 Å².